The Balaban J connectivity index is 1.26. The van der Waals surface area contributed by atoms with Gasteiger partial charge in [0, 0.05) is 24.6 Å². The molecule has 4 heterocycles. The zero-order valence-electron chi connectivity index (χ0n) is 14.4. The molecule has 1 aliphatic rings. The Hall–Kier alpha value is -2.58. The second-order valence-corrected chi connectivity index (χ2v) is 8.42. The average molecular weight is 396 g/mol. The van der Waals surface area contributed by atoms with E-state index in [1.165, 1.54) is 0 Å². The van der Waals surface area contributed by atoms with Crippen molar-refractivity contribution in [2.45, 2.75) is 18.8 Å². The van der Waals surface area contributed by atoms with Gasteiger partial charge in [0.25, 0.3) is 5.91 Å². The van der Waals surface area contributed by atoms with Crippen molar-refractivity contribution < 1.29 is 9.21 Å². The molecule has 0 saturated carbocycles. The monoisotopic (exact) mass is 396 g/mol. The number of piperidine rings is 1. The van der Waals surface area contributed by atoms with Crippen molar-refractivity contribution in [3.8, 4) is 10.8 Å². The van der Waals surface area contributed by atoms with Gasteiger partial charge in [-0.15, -0.1) is 21.5 Å². The number of furan rings is 1. The standard InChI is InChI=1S/C19H16N4O2S2/c24-19(13-3-4-14-16(10-13)26-11-20-14)23-7-5-12(6-8-23)17-21-22-18(27-17)15-2-1-9-25-15/h1-4,9-12H,5-8H2. The van der Waals surface area contributed by atoms with Gasteiger partial charge in [-0.2, -0.15) is 0 Å². The number of amides is 1. The van der Waals surface area contributed by atoms with Crippen molar-refractivity contribution in [2.24, 2.45) is 0 Å². The molecule has 1 aliphatic heterocycles. The number of hydrogen-bond donors (Lipinski definition) is 0. The minimum absolute atomic E-state index is 0.0947. The summed E-state index contributed by atoms with van der Waals surface area (Å²) in [5, 5.41) is 10.4. The van der Waals surface area contributed by atoms with E-state index in [-0.39, 0.29) is 5.91 Å². The topological polar surface area (TPSA) is 72.1 Å². The van der Waals surface area contributed by atoms with Crippen molar-refractivity contribution in [2.75, 3.05) is 13.1 Å². The third-order valence-corrected chi connectivity index (χ3v) is 6.77. The van der Waals surface area contributed by atoms with Crippen molar-refractivity contribution in [3.63, 3.8) is 0 Å². The summed E-state index contributed by atoms with van der Waals surface area (Å²) in [6.45, 7) is 1.47. The summed E-state index contributed by atoms with van der Waals surface area (Å²) >= 11 is 3.14. The third kappa shape index (κ3) is 3.15. The van der Waals surface area contributed by atoms with Gasteiger partial charge in [-0.25, -0.2) is 4.98 Å². The molecular weight excluding hydrogens is 380 g/mol. The molecule has 1 amide bonds. The number of thiazole rings is 1. The number of aromatic nitrogens is 3. The van der Waals surface area contributed by atoms with E-state index in [1.54, 1.807) is 28.9 Å². The molecule has 0 atom stereocenters. The number of likely N-dealkylation sites (tertiary alicyclic amines) is 1. The summed E-state index contributed by atoms with van der Waals surface area (Å²) in [5.41, 5.74) is 3.49. The van der Waals surface area contributed by atoms with E-state index in [4.69, 9.17) is 4.42 Å². The lowest BCUT2D eigenvalue weighted by Gasteiger charge is -2.31. The van der Waals surface area contributed by atoms with Crippen LogP contribution in [-0.4, -0.2) is 39.1 Å². The van der Waals surface area contributed by atoms with Crippen LogP contribution in [0.15, 0.2) is 46.5 Å². The van der Waals surface area contributed by atoms with Crippen molar-refractivity contribution in [3.05, 3.63) is 52.7 Å². The molecule has 0 N–H and O–H groups in total. The molecule has 0 aliphatic carbocycles. The molecule has 0 radical (unpaired) electrons. The Labute approximate surface area is 163 Å². The van der Waals surface area contributed by atoms with E-state index in [2.05, 4.69) is 15.2 Å². The van der Waals surface area contributed by atoms with Crippen LogP contribution in [0.1, 0.15) is 34.1 Å². The smallest absolute Gasteiger partial charge is 0.253 e. The van der Waals surface area contributed by atoms with Gasteiger partial charge in [0.1, 0.15) is 5.01 Å². The second kappa shape index (κ2) is 6.86. The number of nitrogens with zero attached hydrogens (tertiary/aromatic N) is 4. The molecule has 6 nitrogen and oxygen atoms in total. The highest BCUT2D eigenvalue weighted by Gasteiger charge is 2.27. The molecule has 5 rings (SSSR count). The molecule has 27 heavy (non-hydrogen) atoms. The highest BCUT2D eigenvalue weighted by molar-refractivity contribution is 7.16. The predicted molar refractivity (Wildman–Crippen MR) is 105 cm³/mol. The van der Waals surface area contributed by atoms with Crippen molar-refractivity contribution in [1.29, 1.82) is 0 Å². The van der Waals surface area contributed by atoms with Gasteiger partial charge >= 0.3 is 0 Å². The first kappa shape index (κ1) is 16.6. The van der Waals surface area contributed by atoms with Gasteiger partial charge in [0.2, 0.25) is 0 Å². The summed E-state index contributed by atoms with van der Waals surface area (Å²) in [4.78, 5) is 19.0. The fourth-order valence-corrected chi connectivity index (χ4v) is 5.10. The van der Waals surface area contributed by atoms with Gasteiger partial charge in [-0.3, -0.25) is 4.79 Å². The molecule has 4 aromatic rings. The van der Waals surface area contributed by atoms with Gasteiger partial charge in [0.15, 0.2) is 10.8 Å². The Morgan fingerprint density at radius 1 is 1.19 bits per heavy atom. The number of benzene rings is 1. The van der Waals surface area contributed by atoms with Crippen molar-refractivity contribution >= 4 is 38.8 Å². The summed E-state index contributed by atoms with van der Waals surface area (Å²) in [7, 11) is 0. The number of rotatable bonds is 3. The van der Waals surface area contributed by atoms with E-state index in [0.717, 1.165) is 57.5 Å². The molecule has 136 valence electrons. The highest BCUT2D eigenvalue weighted by atomic mass is 32.1. The van der Waals surface area contributed by atoms with Crippen LogP contribution in [0, 0.1) is 0 Å². The predicted octanol–water partition coefficient (Wildman–Crippen LogP) is 4.43. The largest absolute Gasteiger partial charge is 0.462 e. The zero-order chi connectivity index (χ0) is 18.2. The Bertz CT molecular complexity index is 1080. The van der Waals surface area contributed by atoms with E-state index in [1.807, 2.05) is 40.7 Å². The Morgan fingerprint density at radius 3 is 2.89 bits per heavy atom. The summed E-state index contributed by atoms with van der Waals surface area (Å²) in [5.74, 6) is 1.20. The highest BCUT2D eigenvalue weighted by Crippen LogP contribution is 2.34. The number of fused-ring (bicyclic) bond motifs is 1. The Kier molecular flexibility index (Phi) is 4.21. The summed E-state index contributed by atoms with van der Waals surface area (Å²) in [6.07, 6.45) is 3.45. The van der Waals surface area contributed by atoms with Crippen LogP contribution in [-0.2, 0) is 0 Å². The molecule has 0 spiro atoms. The maximum absolute atomic E-state index is 12.8. The van der Waals surface area contributed by atoms with Crippen LogP contribution in [0.25, 0.3) is 21.0 Å². The van der Waals surface area contributed by atoms with Crippen LogP contribution in [0.3, 0.4) is 0 Å². The first-order chi connectivity index (χ1) is 13.3. The summed E-state index contributed by atoms with van der Waals surface area (Å²) in [6, 6.07) is 9.48. The van der Waals surface area contributed by atoms with Crippen molar-refractivity contribution in [1.82, 2.24) is 20.1 Å². The second-order valence-electron chi connectivity index (χ2n) is 6.52. The maximum atomic E-state index is 12.8. The van der Waals surface area contributed by atoms with Gasteiger partial charge in [-0.1, -0.05) is 11.3 Å². The van der Waals surface area contributed by atoms with Gasteiger partial charge in [0.05, 0.1) is 22.0 Å². The SMILES string of the molecule is O=C(c1ccc2ncsc2c1)N1CCC(c2nnc(-c3ccco3)s2)CC1. The van der Waals surface area contributed by atoms with E-state index in [0.29, 0.717) is 5.92 Å². The van der Waals surface area contributed by atoms with Crippen LogP contribution in [0.5, 0.6) is 0 Å². The van der Waals surface area contributed by atoms with E-state index >= 15 is 0 Å². The summed E-state index contributed by atoms with van der Waals surface area (Å²) < 4.78 is 6.44. The molecule has 1 saturated heterocycles. The lowest BCUT2D eigenvalue weighted by molar-refractivity contribution is 0.0713. The lowest BCUT2D eigenvalue weighted by Crippen LogP contribution is -2.37. The van der Waals surface area contributed by atoms with E-state index in [9.17, 15) is 4.79 Å². The normalized spacial score (nSPS) is 15.5. The fraction of sp³-hybridized carbons (Fsp3) is 0.263. The van der Waals surface area contributed by atoms with Gasteiger partial charge < -0.3 is 9.32 Å². The fourth-order valence-electron chi connectivity index (χ4n) is 3.40. The molecule has 0 bridgehead atoms. The van der Waals surface area contributed by atoms with Crippen LogP contribution < -0.4 is 0 Å². The van der Waals surface area contributed by atoms with Crippen LogP contribution >= 0.6 is 22.7 Å². The third-order valence-electron chi connectivity index (χ3n) is 4.88. The van der Waals surface area contributed by atoms with Crippen LogP contribution in [0.4, 0.5) is 0 Å². The average Bonchev–Trinajstić information content (AvgIpc) is 3.48. The quantitative estimate of drug-likeness (QED) is 0.512. The molecule has 1 aromatic carbocycles. The molecule has 8 heteroatoms. The molecule has 3 aromatic heterocycles. The number of carbonyl (C=O) groups excluding carboxylic acids is 1. The number of carbonyl (C=O) groups is 1. The first-order valence-electron chi connectivity index (χ1n) is 8.78. The molecule has 0 unspecified atom stereocenters. The maximum Gasteiger partial charge on any atom is 0.253 e. The lowest BCUT2D eigenvalue weighted by atomic mass is 9.97. The first-order valence-corrected chi connectivity index (χ1v) is 10.5. The van der Waals surface area contributed by atoms with Crippen LogP contribution in [0.2, 0.25) is 0 Å². The Morgan fingerprint density at radius 2 is 2.07 bits per heavy atom. The molecule has 1 fully saturated rings. The zero-order valence-corrected chi connectivity index (χ0v) is 16.0. The van der Waals surface area contributed by atoms with Gasteiger partial charge in [-0.05, 0) is 43.2 Å². The number of hydrogen-bond acceptors (Lipinski definition) is 7. The molecular formula is C19H16N4O2S2. The van der Waals surface area contributed by atoms with E-state index < -0.39 is 0 Å². The minimum atomic E-state index is 0.0947. The minimum Gasteiger partial charge on any atom is -0.462 e.